The highest BCUT2D eigenvalue weighted by Crippen LogP contribution is 2.12. The molecule has 4 amide bonds. The van der Waals surface area contributed by atoms with Gasteiger partial charge in [-0.25, -0.2) is 9.59 Å². The fourth-order valence-electron chi connectivity index (χ4n) is 5.52. The van der Waals surface area contributed by atoms with Gasteiger partial charge in [-0.1, -0.05) is 128 Å². The molecule has 0 bridgehead atoms. The van der Waals surface area contributed by atoms with E-state index in [4.69, 9.17) is 19.9 Å². The van der Waals surface area contributed by atoms with Gasteiger partial charge in [-0.05, 0) is 62.8 Å². The monoisotopic (exact) mass is 809 g/mol. The van der Waals surface area contributed by atoms with Gasteiger partial charge in [-0.15, -0.1) is 0 Å². The van der Waals surface area contributed by atoms with Crippen LogP contribution in [-0.4, -0.2) is 66.8 Å². The summed E-state index contributed by atoms with van der Waals surface area (Å²) < 4.78 is 15.9. The SMILES string of the molecule is C[C@@H](CC(=O)OC(C)(C)C)C(=O)NC[C@@H](Cc1ccccc1)NC(=O)OCc1ccccc1.C[C@@H](N)C(=O)NC[C@@H](Cc1ccccc1)NC(=O)OCc1ccccc1. The largest absolute Gasteiger partial charge is 0.460 e. The summed E-state index contributed by atoms with van der Waals surface area (Å²) in [6, 6.07) is 37.0. The van der Waals surface area contributed by atoms with E-state index in [1.54, 1.807) is 34.6 Å². The molecule has 0 heterocycles. The third-order valence-corrected chi connectivity index (χ3v) is 8.52. The third kappa shape index (κ3) is 20.7. The van der Waals surface area contributed by atoms with Crippen LogP contribution in [0.25, 0.3) is 0 Å². The summed E-state index contributed by atoms with van der Waals surface area (Å²) in [6.45, 7) is 9.46. The van der Waals surface area contributed by atoms with Gasteiger partial charge < -0.3 is 41.2 Å². The van der Waals surface area contributed by atoms with Gasteiger partial charge in [0.2, 0.25) is 11.8 Å². The summed E-state index contributed by atoms with van der Waals surface area (Å²) >= 11 is 0. The molecule has 0 saturated heterocycles. The molecule has 0 radical (unpaired) electrons. The molecule has 0 aromatic heterocycles. The van der Waals surface area contributed by atoms with Crippen LogP contribution in [0.3, 0.4) is 0 Å². The molecule has 4 aromatic rings. The summed E-state index contributed by atoms with van der Waals surface area (Å²) in [5, 5.41) is 11.2. The quantitative estimate of drug-likeness (QED) is 0.0594. The zero-order chi connectivity index (χ0) is 43.0. The molecule has 0 saturated carbocycles. The molecule has 0 aliphatic rings. The number of carbonyl (C=O) groups excluding carboxylic acids is 5. The molecule has 4 atom stereocenters. The van der Waals surface area contributed by atoms with E-state index in [0.717, 1.165) is 22.3 Å². The molecule has 316 valence electrons. The normalized spacial score (nSPS) is 12.8. The lowest BCUT2D eigenvalue weighted by Gasteiger charge is -2.22. The average Bonchev–Trinajstić information content (AvgIpc) is 3.21. The molecule has 4 rings (SSSR count). The van der Waals surface area contributed by atoms with E-state index in [2.05, 4.69) is 21.3 Å². The molecule has 13 nitrogen and oxygen atoms in total. The predicted molar refractivity (Wildman–Crippen MR) is 227 cm³/mol. The molecule has 0 spiro atoms. The number of benzene rings is 4. The number of hydrogen-bond acceptors (Lipinski definition) is 9. The van der Waals surface area contributed by atoms with Gasteiger partial charge in [0.15, 0.2) is 0 Å². The lowest BCUT2D eigenvalue weighted by Crippen LogP contribution is -2.48. The highest BCUT2D eigenvalue weighted by atomic mass is 16.6. The van der Waals surface area contributed by atoms with Crippen LogP contribution >= 0.6 is 0 Å². The molecule has 0 unspecified atom stereocenters. The Morgan fingerprint density at radius 2 is 0.915 bits per heavy atom. The van der Waals surface area contributed by atoms with Crippen molar-refractivity contribution in [3.05, 3.63) is 144 Å². The number of esters is 1. The van der Waals surface area contributed by atoms with Crippen molar-refractivity contribution in [1.82, 2.24) is 21.3 Å². The van der Waals surface area contributed by atoms with E-state index in [9.17, 15) is 24.0 Å². The predicted octanol–water partition coefficient (Wildman–Crippen LogP) is 6.00. The maximum Gasteiger partial charge on any atom is 0.407 e. The summed E-state index contributed by atoms with van der Waals surface area (Å²) in [4.78, 5) is 60.8. The minimum absolute atomic E-state index is 0.0149. The Morgan fingerprint density at radius 3 is 1.27 bits per heavy atom. The standard InChI is InChI=1S/C26H34N2O5.C20H25N3O3/c1-19(15-23(29)33-26(2,3)4)24(30)27-17-22(16-20-11-7-5-8-12-20)28-25(31)32-18-21-13-9-6-10-14-21;1-15(21)19(24)22-13-18(12-16-8-4-2-5-9-16)23-20(25)26-14-17-10-6-3-7-11-17/h5-14,19,22H,15-18H2,1-4H3,(H,27,30)(H,28,31);2-11,15,18H,12-14,21H2,1H3,(H,22,24)(H,23,25)/t19-,22+;15-,18-/m01/s1. The summed E-state index contributed by atoms with van der Waals surface area (Å²) in [6.07, 6.45) is -0.0118. The maximum absolute atomic E-state index is 12.5. The first-order valence-corrected chi connectivity index (χ1v) is 19.7. The van der Waals surface area contributed by atoms with E-state index in [1.807, 2.05) is 121 Å². The van der Waals surface area contributed by atoms with Gasteiger partial charge in [0.1, 0.15) is 18.8 Å². The van der Waals surface area contributed by atoms with Crippen molar-refractivity contribution in [2.75, 3.05) is 13.1 Å². The Kier molecular flexibility index (Phi) is 20.2. The number of ether oxygens (including phenoxy) is 3. The number of carbonyl (C=O) groups is 5. The van der Waals surface area contributed by atoms with Gasteiger partial charge in [-0.3, -0.25) is 14.4 Å². The Labute approximate surface area is 347 Å². The van der Waals surface area contributed by atoms with Crippen molar-refractivity contribution < 1.29 is 38.2 Å². The number of hydrogen-bond donors (Lipinski definition) is 5. The number of nitrogens with one attached hydrogen (secondary N) is 4. The molecular weight excluding hydrogens is 751 g/mol. The van der Waals surface area contributed by atoms with Crippen molar-refractivity contribution >= 4 is 30.0 Å². The van der Waals surface area contributed by atoms with E-state index < -0.39 is 35.7 Å². The second-order valence-electron chi connectivity index (χ2n) is 15.2. The Bertz CT molecular complexity index is 1860. The van der Waals surface area contributed by atoms with Crippen LogP contribution in [0, 0.1) is 5.92 Å². The van der Waals surface area contributed by atoms with Gasteiger partial charge in [-0.2, -0.15) is 0 Å². The molecule has 0 aliphatic heterocycles. The first kappa shape index (κ1) is 47.2. The summed E-state index contributed by atoms with van der Waals surface area (Å²) in [5.41, 5.74) is 8.83. The summed E-state index contributed by atoms with van der Waals surface area (Å²) in [7, 11) is 0. The number of nitrogens with two attached hydrogens (primary N) is 1. The molecule has 59 heavy (non-hydrogen) atoms. The number of alkyl carbamates (subject to hydrolysis) is 2. The molecule has 0 aliphatic carbocycles. The van der Waals surface area contributed by atoms with Crippen LogP contribution in [0.15, 0.2) is 121 Å². The maximum atomic E-state index is 12.5. The molecular formula is C46H59N5O8. The number of rotatable bonds is 18. The zero-order valence-electron chi connectivity index (χ0n) is 34.6. The highest BCUT2D eigenvalue weighted by Gasteiger charge is 2.23. The van der Waals surface area contributed by atoms with Crippen molar-refractivity contribution in [2.24, 2.45) is 11.7 Å². The lowest BCUT2D eigenvalue weighted by molar-refractivity contribution is -0.157. The van der Waals surface area contributed by atoms with E-state index in [1.165, 1.54) is 0 Å². The summed E-state index contributed by atoms with van der Waals surface area (Å²) in [5.74, 6) is -1.52. The van der Waals surface area contributed by atoms with Crippen LogP contribution in [0.4, 0.5) is 9.59 Å². The minimum atomic E-state index is -0.600. The Morgan fingerprint density at radius 1 is 0.559 bits per heavy atom. The zero-order valence-corrected chi connectivity index (χ0v) is 34.6. The van der Waals surface area contributed by atoms with Crippen molar-refractivity contribution in [1.29, 1.82) is 0 Å². The van der Waals surface area contributed by atoms with Crippen LogP contribution in [0.1, 0.15) is 63.3 Å². The van der Waals surface area contributed by atoms with Crippen LogP contribution < -0.4 is 27.0 Å². The van der Waals surface area contributed by atoms with E-state index in [-0.39, 0.29) is 56.6 Å². The van der Waals surface area contributed by atoms with E-state index >= 15 is 0 Å². The first-order chi connectivity index (χ1) is 28.2. The molecule has 0 fully saturated rings. The smallest absolute Gasteiger partial charge is 0.407 e. The molecule has 6 N–H and O–H groups in total. The topological polar surface area (TPSA) is 187 Å². The molecule has 13 heteroatoms. The van der Waals surface area contributed by atoms with Crippen molar-refractivity contribution in [3.63, 3.8) is 0 Å². The Balaban J connectivity index is 0.000000324. The van der Waals surface area contributed by atoms with Gasteiger partial charge >= 0.3 is 18.2 Å². The second-order valence-corrected chi connectivity index (χ2v) is 15.2. The number of amides is 4. The van der Waals surface area contributed by atoms with Gasteiger partial charge in [0.05, 0.1) is 24.5 Å². The van der Waals surface area contributed by atoms with Gasteiger partial charge in [0, 0.05) is 19.0 Å². The lowest BCUT2D eigenvalue weighted by atomic mass is 10.0. The van der Waals surface area contributed by atoms with Crippen molar-refractivity contribution in [3.8, 4) is 0 Å². The van der Waals surface area contributed by atoms with Crippen molar-refractivity contribution in [2.45, 2.75) is 90.8 Å². The fourth-order valence-corrected chi connectivity index (χ4v) is 5.52. The van der Waals surface area contributed by atoms with Gasteiger partial charge in [0.25, 0.3) is 0 Å². The van der Waals surface area contributed by atoms with Crippen LogP contribution in [-0.2, 0) is 54.6 Å². The first-order valence-electron chi connectivity index (χ1n) is 19.7. The fraction of sp³-hybridized carbons (Fsp3) is 0.370. The third-order valence-electron chi connectivity index (χ3n) is 8.52. The molecule has 4 aromatic carbocycles. The Hall–Kier alpha value is -6.21. The van der Waals surface area contributed by atoms with Crippen LogP contribution in [0.5, 0.6) is 0 Å². The highest BCUT2D eigenvalue weighted by molar-refractivity contribution is 5.83. The average molecular weight is 810 g/mol. The minimum Gasteiger partial charge on any atom is -0.460 e. The second kappa shape index (κ2) is 25.2. The van der Waals surface area contributed by atoms with Crippen LogP contribution in [0.2, 0.25) is 0 Å². The van der Waals surface area contributed by atoms with E-state index in [0.29, 0.717) is 12.8 Å².